The van der Waals surface area contributed by atoms with Crippen LogP contribution >= 0.6 is 11.8 Å². The number of thioether (sulfide) groups is 1. The van der Waals surface area contributed by atoms with Crippen LogP contribution in [0.2, 0.25) is 0 Å². The minimum absolute atomic E-state index is 0.00206. The van der Waals surface area contributed by atoms with Gasteiger partial charge in [0.05, 0.1) is 12.0 Å². The van der Waals surface area contributed by atoms with E-state index in [9.17, 15) is 4.79 Å². The molecule has 0 aliphatic carbocycles. The molecule has 2 amide bonds. The summed E-state index contributed by atoms with van der Waals surface area (Å²) in [5.74, 6) is 3.39. The summed E-state index contributed by atoms with van der Waals surface area (Å²) in [6.45, 7) is 3.54. The van der Waals surface area contributed by atoms with Gasteiger partial charge in [0.25, 0.3) is 0 Å². The Morgan fingerprint density at radius 3 is 2.71 bits per heavy atom. The predicted molar refractivity (Wildman–Crippen MR) is 94.1 cm³/mol. The number of hydrogen-bond donors (Lipinski definition) is 1. The molecule has 7 nitrogen and oxygen atoms in total. The van der Waals surface area contributed by atoms with E-state index in [-0.39, 0.29) is 6.03 Å². The number of hydrogen-bond acceptors (Lipinski definition) is 6. The van der Waals surface area contributed by atoms with Crippen molar-refractivity contribution in [2.24, 2.45) is 0 Å². The van der Waals surface area contributed by atoms with Crippen LogP contribution < -0.4 is 10.2 Å². The van der Waals surface area contributed by atoms with Gasteiger partial charge in [-0.05, 0) is 18.2 Å². The largest absolute Gasteiger partial charge is 0.468 e. The molecule has 24 heavy (non-hydrogen) atoms. The van der Waals surface area contributed by atoms with E-state index in [0.29, 0.717) is 19.6 Å². The molecule has 1 saturated heterocycles. The summed E-state index contributed by atoms with van der Waals surface area (Å²) in [4.78, 5) is 24.6. The number of rotatable bonds is 6. The van der Waals surface area contributed by atoms with Crippen LogP contribution in [0.3, 0.4) is 0 Å². The molecule has 1 fully saturated rings. The standard InChI is InChI=1S/C16H21N5O2S/c22-16(19-6-12-24-13-14-3-1-11-23-14)21-9-7-20(8-10-21)15-17-4-2-5-18-15/h1-5,11H,6-10,12-13H2,(H,19,22). The Bertz CT molecular complexity index is 615. The molecule has 8 heteroatoms. The van der Waals surface area contributed by atoms with Crippen molar-refractivity contribution < 1.29 is 9.21 Å². The second kappa shape index (κ2) is 8.58. The van der Waals surface area contributed by atoms with Gasteiger partial charge in [-0.2, -0.15) is 11.8 Å². The van der Waals surface area contributed by atoms with Crippen molar-refractivity contribution in [2.75, 3.05) is 43.4 Å². The number of carbonyl (C=O) groups is 1. The molecule has 2 aromatic rings. The van der Waals surface area contributed by atoms with E-state index in [1.807, 2.05) is 17.0 Å². The van der Waals surface area contributed by atoms with Gasteiger partial charge in [-0.3, -0.25) is 0 Å². The van der Waals surface area contributed by atoms with Gasteiger partial charge < -0.3 is 19.5 Å². The van der Waals surface area contributed by atoms with E-state index < -0.39 is 0 Å². The lowest BCUT2D eigenvalue weighted by Gasteiger charge is -2.34. The number of nitrogens with one attached hydrogen (secondary N) is 1. The highest BCUT2D eigenvalue weighted by Crippen LogP contribution is 2.12. The maximum atomic E-state index is 12.2. The predicted octanol–water partition coefficient (Wildman–Crippen LogP) is 1.83. The normalized spacial score (nSPS) is 14.7. The number of urea groups is 1. The third kappa shape index (κ3) is 4.64. The van der Waals surface area contributed by atoms with Crippen molar-refractivity contribution >= 4 is 23.7 Å². The average Bonchev–Trinajstić information content (AvgIpc) is 3.16. The number of anilines is 1. The minimum Gasteiger partial charge on any atom is -0.468 e. The summed E-state index contributed by atoms with van der Waals surface area (Å²) in [5.41, 5.74) is 0. The fraction of sp³-hybridized carbons (Fsp3) is 0.438. The Balaban J connectivity index is 1.32. The van der Waals surface area contributed by atoms with Crippen molar-refractivity contribution in [1.29, 1.82) is 0 Å². The molecule has 0 spiro atoms. The molecule has 3 rings (SSSR count). The molecule has 3 heterocycles. The Morgan fingerprint density at radius 2 is 2.00 bits per heavy atom. The van der Waals surface area contributed by atoms with Gasteiger partial charge in [0.15, 0.2) is 0 Å². The summed E-state index contributed by atoms with van der Waals surface area (Å²) in [5, 5.41) is 2.97. The fourth-order valence-corrected chi connectivity index (χ4v) is 3.23. The van der Waals surface area contributed by atoms with Crippen LogP contribution in [0.5, 0.6) is 0 Å². The van der Waals surface area contributed by atoms with Crippen LogP contribution in [0.1, 0.15) is 5.76 Å². The van der Waals surface area contributed by atoms with Gasteiger partial charge in [-0.1, -0.05) is 0 Å². The number of piperazine rings is 1. The quantitative estimate of drug-likeness (QED) is 0.804. The van der Waals surface area contributed by atoms with Gasteiger partial charge in [0.2, 0.25) is 5.95 Å². The molecule has 0 aromatic carbocycles. The Labute approximate surface area is 145 Å². The van der Waals surface area contributed by atoms with E-state index >= 15 is 0 Å². The van der Waals surface area contributed by atoms with Crippen molar-refractivity contribution in [1.82, 2.24) is 20.2 Å². The lowest BCUT2D eigenvalue weighted by molar-refractivity contribution is 0.195. The molecule has 0 atom stereocenters. The number of furan rings is 1. The maximum absolute atomic E-state index is 12.2. The van der Waals surface area contributed by atoms with Crippen molar-refractivity contribution in [3.63, 3.8) is 0 Å². The van der Waals surface area contributed by atoms with Crippen LogP contribution in [-0.4, -0.2) is 59.4 Å². The zero-order valence-corrected chi connectivity index (χ0v) is 14.2. The van der Waals surface area contributed by atoms with Crippen molar-refractivity contribution in [2.45, 2.75) is 5.75 Å². The highest BCUT2D eigenvalue weighted by molar-refractivity contribution is 7.98. The molecule has 0 saturated carbocycles. The molecule has 1 N–H and O–H groups in total. The van der Waals surface area contributed by atoms with E-state index in [0.717, 1.165) is 36.3 Å². The number of nitrogens with zero attached hydrogens (tertiary/aromatic N) is 4. The molecular formula is C16H21N5O2S. The maximum Gasteiger partial charge on any atom is 0.317 e. The molecule has 128 valence electrons. The summed E-state index contributed by atoms with van der Waals surface area (Å²) >= 11 is 1.75. The first-order valence-corrected chi connectivity index (χ1v) is 9.13. The Morgan fingerprint density at radius 1 is 1.21 bits per heavy atom. The lowest BCUT2D eigenvalue weighted by Crippen LogP contribution is -2.52. The van der Waals surface area contributed by atoms with Gasteiger partial charge >= 0.3 is 6.03 Å². The number of aromatic nitrogens is 2. The highest BCUT2D eigenvalue weighted by atomic mass is 32.2. The topological polar surface area (TPSA) is 74.5 Å². The van der Waals surface area contributed by atoms with Crippen LogP contribution in [0, 0.1) is 0 Å². The van der Waals surface area contributed by atoms with Crippen molar-refractivity contribution in [3.05, 3.63) is 42.6 Å². The first kappa shape index (κ1) is 16.6. The zero-order chi connectivity index (χ0) is 16.6. The monoisotopic (exact) mass is 347 g/mol. The third-order valence-corrected chi connectivity index (χ3v) is 4.73. The van der Waals surface area contributed by atoms with E-state index in [4.69, 9.17) is 4.42 Å². The second-order valence-corrected chi connectivity index (χ2v) is 6.49. The summed E-state index contributed by atoms with van der Waals surface area (Å²) in [6.07, 6.45) is 5.15. The second-order valence-electron chi connectivity index (χ2n) is 5.39. The van der Waals surface area contributed by atoms with E-state index in [2.05, 4.69) is 20.2 Å². The fourth-order valence-electron chi connectivity index (χ4n) is 2.47. The molecule has 0 unspecified atom stereocenters. The minimum atomic E-state index is 0.00206. The van der Waals surface area contributed by atoms with Crippen LogP contribution in [0.25, 0.3) is 0 Å². The van der Waals surface area contributed by atoms with E-state index in [1.165, 1.54) is 0 Å². The smallest absolute Gasteiger partial charge is 0.317 e. The van der Waals surface area contributed by atoms with Gasteiger partial charge in [-0.25, -0.2) is 14.8 Å². The van der Waals surface area contributed by atoms with Crippen LogP contribution in [0.4, 0.5) is 10.7 Å². The van der Waals surface area contributed by atoms with Crippen molar-refractivity contribution in [3.8, 4) is 0 Å². The Hall–Kier alpha value is -2.22. The molecule has 0 bridgehead atoms. The molecule has 0 radical (unpaired) electrons. The highest BCUT2D eigenvalue weighted by Gasteiger charge is 2.21. The van der Waals surface area contributed by atoms with Gasteiger partial charge in [0.1, 0.15) is 5.76 Å². The number of carbonyl (C=O) groups excluding carboxylic acids is 1. The summed E-state index contributed by atoms with van der Waals surface area (Å²) in [6, 6.07) is 5.65. The molecule has 1 aliphatic rings. The van der Waals surface area contributed by atoms with Gasteiger partial charge in [-0.15, -0.1) is 0 Å². The van der Waals surface area contributed by atoms with Crippen LogP contribution in [-0.2, 0) is 5.75 Å². The SMILES string of the molecule is O=C(NCCSCc1ccco1)N1CCN(c2ncccn2)CC1. The van der Waals surface area contributed by atoms with Gasteiger partial charge in [0, 0.05) is 50.9 Å². The number of amides is 2. The first-order valence-electron chi connectivity index (χ1n) is 7.98. The third-order valence-electron chi connectivity index (χ3n) is 3.75. The molecular weight excluding hydrogens is 326 g/mol. The Kier molecular flexibility index (Phi) is 5.95. The van der Waals surface area contributed by atoms with Crippen LogP contribution in [0.15, 0.2) is 41.3 Å². The lowest BCUT2D eigenvalue weighted by atomic mass is 10.3. The summed E-state index contributed by atoms with van der Waals surface area (Å²) in [7, 11) is 0. The first-order chi connectivity index (χ1) is 11.8. The summed E-state index contributed by atoms with van der Waals surface area (Å²) < 4.78 is 5.27. The van der Waals surface area contributed by atoms with E-state index in [1.54, 1.807) is 36.5 Å². The average molecular weight is 347 g/mol. The molecule has 1 aliphatic heterocycles. The zero-order valence-electron chi connectivity index (χ0n) is 13.4. The molecule has 2 aromatic heterocycles.